The molecule has 2 N–H and O–H groups in total. The van der Waals surface area contributed by atoms with Gasteiger partial charge in [0.15, 0.2) is 0 Å². The lowest BCUT2D eigenvalue weighted by Gasteiger charge is -2.17. The Labute approximate surface area is 150 Å². The minimum atomic E-state index is -0.551. The number of para-hydroxylation sites is 1. The van der Waals surface area contributed by atoms with E-state index in [2.05, 4.69) is 10.6 Å². The van der Waals surface area contributed by atoms with Crippen molar-refractivity contribution < 1.29 is 18.8 Å². The Morgan fingerprint density at radius 2 is 1.81 bits per heavy atom. The van der Waals surface area contributed by atoms with Crippen molar-refractivity contribution in [3.8, 4) is 0 Å². The molecule has 134 valence electrons. The van der Waals surface area contributed by atoms with E-state index >= 15 is 0 Å². The molecule has 2 aromatic carbocycles. The van der Waals surface area contributed by atoms with Crippen LogP contribution in [0.2, 0.25) is 0 Å². The van der Waals surface area contributed by atoms with Crippen molar-refractivity contribution in [2.75, 3.05) is 23.8 Å². The standard InChI is InChI=1S/C19H18FN3O3/c1-21-19(26)15-4-2-3-5-16(15)22-18(25)12-10-17(24)23(11-12)14-8-6-13(20)7-9-14/h2-9,12H,10-11H2,1H3,(H,21,26)(H,22,25). The number of anilines is 2. The van der Waals surface area contributed by atoms with Gasteiger partial charge in [0.05, 0.1) is 17.2 Å². The van der Waals surface area contributed by atoms with Crippen molar-refractivity contribution in [3.63, 3.8) is 0 Å². The molecule has 1 atom stereocenters. The van der Waals surface area contributed by atoms with Crippen LogP contribution in [0.4, 0.5) is 15.8 Å². The summed E-state index contributed by atoms with van der Waals surface area (Å²) in [6.07, 6.45) is 0.0609. The van der Waals surface area contributed by atoms with Gasteiger partial charge in [0, 0.05) is 25.7 Å². The van der Waals surface area contributed by atoms with Crippen LogP contribution in [0.25, 0.3) is 0 Å². The predicted octanol–water partition coefficient (Wildman–Crippen LogP) is 2.18. The summed E-state index contributed by atoms with van der Waals surface area (Å²) in [4.78, 5) is 38.2. The van der Waals surface area contributed by atoms with Crippen molar-refractivity contribution in [2.45, 2.75) is 6.42 Å². The molecule has 6 nitrogen and oxygen atoms in total. The molecule has 1 saturated heterocycles. The van der Waals surface area contributed by atoms with Gasteiger partial charge in [-0.1, -0.05) is 12.1 Å². The first-order valence-electron chi connectivity index (χ1n) is 8.17. The number of benzene rings is 2. The van der Waals surface area contributed by atoms with Gasteiger partial charge in [-0.25, -0.2) is 4.39 Å². The van der Waals surface area contributed by atoms with Crippen LogP contribution in [0.3, 0.4) is 0 Å². The molecule has 7 heteroatoms. The quantitative estimate of drug-likeness (QED) is 0.882. The summed E-state index contributed by atoms with van der Waals surface area (Å²) < 4.78 is 13.1. The number of rotatable bonds is 4. The highest BCUT2D eigenvalue weighted by Crippen LogP contribution is 2.26. The fourth-order valence-electron chi connectivity index (χ4n) is 2.91. The fraction of sp³-hybridized carbons (Fsp3) is 0.211. The molecule has 0 spiro atoms. The van der Waals surface area contributed by atoms with E-state index in [9.17, 15) is 18.8 Å². The molecular weight excluding hydrogens is 337 g/mol. The normalized spacial score (nSPS) is 16.5. The van der Waals surface area contributed by atoms with E-state index in [1.54, 1.807) is 24.3 Å². The van der Waals surface area contributed by atoms with Gasteiger partial charge in [-0.05, 0) is 36.4 Å². The number of carbonyl (C=O) groups excluding carboxylic acids is 3. The SMILES string of the molecule is CNC(=O)c1ccccc1NC(=O)C1CC(=O)N(c2ccc(F)cc2)C1. The minimum absolute atomic E-state index is 0.0609. The Balaban J connectivity index is 1.73. The Kier molecular flexibility index (Phi) is 4.97. The zero-order valence-corrected chi connectivity index (χ0v) is 14.2. The van der Waals surface area contributed by atoms with E-state index in [-0.39, 0.29) is 36.5 Å². The average Bonchev–Trinajstić information content (AvgIpc) is 3.04. The van der Waals surface area contributed by atoms with Crippen LogP contribution in [0.5, 0.6) is 0 Å². The summed E-state index contributed by atoms with van der Waals surface area (Å²) in [6.45, 7) is 0.207. The molecule has 0 radical (unpaired) electrons. The average molecular weight is 355 g/mol. The minimum Gasteiger partial charge on any atom is -0.355 e. The van der Waals surface area contributed by atoms with Gasteiger partial charge >= 0.3 is 0 Å². The molecule has 0 saturated carbocycles. The van der Waals surface area contributed by atoms with Gasteiger partial charge < -0.3 is 15.5 Å². The third-order valence-corrected chi connectivity index (χ3v) is 4.29. The second-order valence-electron chi connectivity index (χ2n) is 6.00. The van der Waals surface area contributed by atoms with Gasteiger partial charge in [-0.2, -0.15) is 0 Å². The lowest BCUT2D eigenvalue weighted by atomic mass is 10.1. The Morgan fingerprint density at radius 1 is 1.12 bits per heavy atom. The van der Waals surface area contributed by atoms with Crippen molar-refractivity contribution >= 4 is 29.1 Å². The van der Waals surface area contributed by atoms with E-state index in [0.29, 0.717) is 16.9 Å². The van der Waals surface area contributed by atoms with Crippen LogP contribution in [0.15, 0.2) is 48.5 Å². The molecule has 1 aliphatic rings. The van der Waals surface area contributed by atoms with E-state index in [1.165, 1.54) is 36.2 Å². The number of hydrogen-bond donors (Lipinski definition) is 2. The van der Waals surface area contributed by atoms with Crippen LogP contribution < -0.4 is 15.5 Å². The monoisotopic (exact) mass is 355 g/mol. The molecule has 0 aliphatic carbocycles. The molecule has 1 fully saturated rings. The highest BCUT2D eigenvalue weighted by Gasteiger charge is 2.35. The Morgan fingerprint density at radius 3 is 2.50 bits per heavy atom. The van der Waals surface area contributed by atoms with Gasteiger partial charge in [0.1, 0.15) is 5.82 Å². The van der Waals surface area contributed by atoms with Crippen LogP contribution in [-0.4, -0.2) is 31.3 Å². The van der Waals surface area contributed by atoms with Crippen LogP contribution in [-0.2, 0) is 9.59 Å². The number of nitrogens with one attached hydrogen (secondary N) is 2. The van der Waals surface area contributed by atoms with Crippen LogP contribution in [0.1, 0.15) is 16.8 Å². The number of carbonyl (C=O) groups is 3. The summed E-state index contributed by atoms with van der Waals surface area (Å²) >= 11 is 0. The molecule has 26 heavy (non-hydrogen) atoms. The topological polar surface area (TPSA) is 78.5 Å². The Bertz CT molecular complexity index is 851. The maximum Gasteiger partial charge on any atom is 0.253 e. The zero-order chi connectivity index (χ0) is 18.7. The van der Waals surface area contributed by atoms with Gasteiger partial charge in [-0.3, -0.25) is 14.4 Å². The molecule has 0 aromatic heterocycles. The molecule has 1 unspecified atom stereocenters. The lowest BCUT2D eigenvalue weighted by molar-refractivity contribution is -0.122. The van der Waals surface area contributed by atoms with E-state index in [1.807, 2.05) is 0 Å². The maximum absolute atomic E-state index is 13.1. The molecular formula is C19H18FN3O3. The highest BCUT2D eigenvalue weighted by molar-refractivity contribution is 6.07. The third-order valence-electron chi connectivity index (χ3n) is 4.29. The highest BCUT2D eigenvalue weighted by atomic mass is 19.1. The fourth-order valence-corrected chi connectivity index (χ4v) is 2.91. The van der Waals surface area contributed by atoms with E-state index in [0.717, 1.165) is 0 Å². The third kappa shape index (κ3) is 3.56. The molecule has 2 aromatic rings. The largest absolute Gasteiger partial charge is 0.355 e. The summed E-state index contributed by atoms with van der Waals surface area (Å²) in [5.41, 5.74) is 1.30. The van der Waals surface area contributed by atoms with Crippen molar-refractivity contribution in [1.82, 2.24) is 5.32 Å². The van der Waals surface area contributed by atoms with Crippen LogP contribution >= 0.6 is 0 Å². The van der Waals surface area contributed by atoms with E-state index in [4.69, 9.17) is 0 Å². The van der Waals surface area contributed by atoms with Crippen molar-refractivity contribution in [2.24, 2.45) is 5.92 Å². The second-order valence-corrected chi connectivity index (χ2v) is 6.00. The van der Waals surface area contributed by atoms with Crippen molar-refractivity contribution in [1.29, 1.82) is 0 Å². The number of halogens is 1. The van der Waals surface area contributed by atoms with Gasteiger partial charge in [0.25, 0.3) is 5.91 Å². The molecule has 1 aliphatic heterocycles. The number of nitrogens with zero attached hydrogens (tertiary/aromatic N) is 1. The second kappa shape index (κ2) is 7.35. The summed E-state index contributed by atoms with van der Waals surface area (Å²) in [5, 5.41) is 5.25. The number of hydrogen-bond acceptors (Lipinski definition) is 3. The van der Waals surface area contributed by atoms with Crippen LogP contribution in [0, 0.1) is 11.7 Å². The summed E-state index contributed by atoms with van der Waals surface area (Å²) in [7, 11) is 1.51. The first-order chi connectivity index (χ1) is 12.5. The Hall–Kier alpha value is -3.22. The van der Waals surface area contributed by atoms with Gasteiger partial charge in [-0.15, -0.1) is 0 Å². The molecule has 1 heterocycles. The predicted molar refractivity (Wildman–Crippen MR) is 95.3 cm³/mol. The zero-order valence-electron chi connectivity index (χ0n) is 14.2. The first kappa shape index (κ1) is 17.6. The molecule has 3 amide bonds. The molecule has 3 rings (SSSR count). The van der Waals surface area contributed by atoms with E-state index < -0.39 is 5.92 Å². The van der Waals surface area contributed by atoms with Gasteiger partial charge in [0.2, 0.25) is 11.8 Å². The molecule has 0 bridgehead atoms. The maximum atomic E-state index is 13.1. The summed E-state index contributed by atoms with van der Waals surface area (Å²) in [5.74, 6) is -1.78. The lowest BCUT2D eigenvalue weighted by Crippen LogP contribution is -2.29. The van der Waals surface area contributed by atoms with Crippen molar-refractivity contribution in [3.05, 3.63) is 59.9 Å². The number of amides is 3. The first-order valence-corrected chi connectivity index (χ1v) is 8.17. The summed E-state index contributed by atoms with van der Waals surface area (Å²) in [6, 6.07) is 12.2. The smallest absolute Gasteiger partial charge is 0.253 e.